The molecule has 30 heavy (non-hydrogen) atoms. The minimum atomic E-state index is -0.795. The Balaban J connectivity index is 1.54. The summed E-state index contributed by atoms with van der Waals surface area (Å²) in [4.78, 5) is 28.7. The largest absolute Gasteiger partial charge is 0.473 e. The molecule has 1 aromatic heterocycles. The molecule has 6 atom stereocenters. The number of thioether (sulfide) groups is 1. The lowest BCUT2D eigenvalue weighted by Gasteiger charge is -2.59. The molecule has 0 amide bonds. The van der Waals surface area contributed by atoms with Gasteiger partial charge in [-0.25, -0.2) is 4.79 Å². The quantitative estimate of drug-likeness (QED) is 0.609. The van der Waals surface area contributed by atoms with E-state index < -0.39 is 10.0 Å². The lowest BCUT2D eigenvalue weighted by atomic mass is 9.46. The molecule has 4 nitrogen and oxygen atoms in total. The van der Waals surface area contributed by atoms with Crippen LogP contribution in [0, 0.1) is 28.6 Å². The number of ketones is 1. The maximum Gasteiger partial charge on any atom is 0.365 e. The highest BCUT2D eigenvalue weighted by Crippen LogP contribution is 2.72. The van der Waals surface area contributed by atoms with E-state index in [2.05, 4.69) is 18.8 Å². The van der Waals surface area contributed by atoms with Crippen LogP contribution < -0.4 is 0 Å². The molecule has 0 bridgehead atoms. The van der Waals surface area contributed by atoms with Crippen molar-refractivity contribution >= 4 is 22.8 Å². The van der Waals surface area contributed by atoms with Gasteiger partial charge < -0.3 is 5.11 Å². The summed E-state index contributed by atoms with van der Waals surface area (Å²) in [5, 5.41) is 9.06. The molecule has 0 aliphatic heterocycles. The minimum Gasteiger partial charge on any atom is -0.473 e. The van der Waals surface area contributed by atoms with Crippen LogP contribution in [0.1, 0.15) is 70.9 Å². The Morgan fingerprint density at radius 3 is 2.63 bits per heavy atom. The van der Waals surface area contributed by atoms with Gasteiger partial charge in [-0.2, -0.15) is 0 Å². The van der Waals surface area contributed by atoms with Gasteiger partial charge in [-0.05, 0) is 104 Å². The summed E-state index contributed by atoms with van der Waals surface area (Å²) < 4.78 is -0.463. The normalized spacial score (nSPS) is 42.7. The predicted molar refractivity (Wildman–Crippen MR) is 118 cm³/mol. The molecule has 5 heteroatoms. The molecule has 0 saturated heterocycles. The highest BCUT2D eigenvalue weighted by atomic mass is 32.2. The van der Waals surface area contributed by atoms with Crippen LogP contribution in [0.15, 0.2) is 36.0 Å². The molecule has 4 aliphatic carbocycles. The molecule has 1 heterocycles. The fraction of sp³-hybridized carbons (Fsp3) is 0.640. The molecule has 0 aromatic carbocycles. The summed E-state index contributed by atoms with van der Waals surface area (Å²) in [6.45, 7) is 4.75. The summed E-state index contributed by atoms with van der Waals surface area (Å²) in [6, 6.07) is 5.94. The number of carbonyl (C=O) groups excluding carboxylic acids is 1. The van der Waals surface area contributed by atoms with Crippen LogP contribution in [0.2, 0.25) is 0 Å². The molecule has 0 spiro atoms. The highest BCUT2D eigenvalue weighted by molar-refractivity contribution is 8.14. The number of pyridine rings is 1. The Morgan fingerprint density at radius 2 is 1.90 bits per heavy atom. The van der Waals surface area contributed by atoms with Crippen molar-refractivity contribution in [2.24, 2.45) is 28.6 Å². The SMILES string of the molecule is C[C@]12CCC(=O)C=C1CC[C@@H]1[C@H]2CC[C@@]2(C)[C@H]1CCC2(SC(=O)O)c1ccccn1. The van der Waals surface area contributed by atoms with Crippen molar-refractivity contribution < 1.29 is 14.7 Å². The van der Waals surface area contributed by atoms with Crippen LogP contribution in [-0.4, -0.2) is 21.2 Å². The van der Waals surface area contributed by atoms with E-state index in [4.69, 9.17) is 0 Å². The zero-order chi connectivity index (χ0) is 21.1. The maximum absolute atomic E-state index is 12.1. The number of carbonyl (C=O) groups is 2. The van der Waals surface area contributed by atoms with Gasteiger partial charge in [-0.15, -0.1) is 0 Å². The summed E-state index contributed by atoms with van der Waals surface area (Å²) in [6.07, 6.45) is 11.7. The Morgan fingerprint density at radius 1 is 1.10 bits per heavy atom. The van der Waals surface area contributed by atoms with Crippen LogP contribution in [0.4, 0.5) is 4.79 Å². The molecule has 5 rings (SSSR count). The van der Waals surface area contributed by atoms with Gasteiger partial charge in [0.15, 0.2) is 5.78 Å². The number of carboxylic acid groups (broad SMARTS) is 1. The lowest BCUT2D eigenvalue weighted by Crippen LogP contribution is -2.53. The lowest BCUT2D eigenvalue weighted by molar-refractivity contribution is -0.117. The van der Waals surface area contributed by atoms with E-state index in [1.54, 1.807) is 6.20 Å². The zero-order valence-electron chi connectivity index (χ0n) is 17.9. The van der Waals surface area contributed by atoms with Crippen molar-refractivity contribution in [3.8, 4) is 0 Å². The van der Waals surface area contributed by atoms with Gasteiger partial charge in [-0.1, -0.05) is 25.5 Å². The average Bonchev–Trinajstić information content (AvgIpc) is 3.02. The third-order valence-corrected chi connectivity index (χ3v) is 10.8. The van der Waals surface area contributed by atoms with Crippen molar-refractivity contribution in [1.82, 2.24) is 4.98 Å². The molecule has 1 unspecified atom stereocenters. The number of hydrogen-bond acceptors (Lipinski definition) is 4. The molecule has 3 saturated carbocycles. The summed E-state index contributed by atoms with van der Waals surface area (Å²) in [5.74, 6) is 2.03. The van der Waals surface area contributed by atoms with Crippen molar-refractivity contribution in [3.63, 3.8) is 0 Å². The van der Waals surface area contributed by atoms with Gasteiger partial charge in [0.25, 0.3) is 0 Å². The van der Waals surface area contributed by atoms with Gasteiger partial charge in [0.1, 0.15) is 0 Å². The Bertz CT molecular complexity index is 914. The number of rotatable bonds is 2. The summed E-state index contributed by atoms with van der Waals surface area (Å²) in [7, 11) is 0. The molecule has 4 aliphatic rings. The van der Waals surface area contributed by atoms with E-state index in [9.17, 15) is 14.7 Å². The molecule has 3 fully saturated rings. The highest BCUT2D eigenvalue weighted by Gasteiger charge is 2.66. The monoisotopic (exact) mass is 425 g/mol. The first-order valence-corrected chi connectivity index (χ1v) is 12.2. The fourth-order valence-corrected chi connectivity index (χ4v) is 9.18. The number of allylic oxidation sites excluding steroid dienone is 1. The molecular weight excluding hydrogens is 394 g/mol. The third-order valence-electron chi connectivity index (χ3n) is 9.42. The van der Waals surface area contributed by atoms with Crippen LogP contribution in [0.3, 0.4) is 0 Å². The second-order valence-corrected chi connectivity index (χ2v) is 11.6. The number of fused-ring (bicyclic) bond motifs is 5. The molecule has 0 radical (unpaired) electrons. The standard InChI is InChI=1S/C25H31NO3S/c1-23-11-8-17(27)15-16(23)6-7-18-19(23)9-12-24(2)20(18)10-13-25(24,30-22(28)29)21-5-3-4-14-26-21/h3-5,14-15,18-20H,6-13H2,1-2H3,(H,28,29)/t18-,19-,20+,23+,24+,25?/m1/s1. The van der Waals surface area contributed by atoms with Crippen molar-refractivity contribution in [3.05, 3.63) is 41.7 Å². The van der Waals surface area contributed by atoms with Gasteiger partial charge in [-0.3, -0.25) is 9.78 Å². The van der Waals surface area contributed by atoms with E-state index in [0.29, 0.717) is 30.0 Å². The smallest absolute Gasteiger partial charge is 0.365 e. The van der Waals surface area contributed by atoms with E-state index in [1.165, 1.54) is 5.57 Å². The van der Waals surface area contributed by atoms with Crippen LogP contribution in [-0.2, 0) is 9.54 Å². The van der Waals surface area contributed by atoms with Crippen molar-refractivity contribution in [1.29, 1.82) is 0 Å². The molecular formula is C25H31NO3S. The maximum atomic E-state index is 12.1. The molecule has 160 valence electrons. The summed E-state index contributed by atoms with van der Waals surface area (Å²) >= 11 is 1.11. The second kappa shape index (κ2) is 6.94. The van der Waals surface area contributed by atoms with Gasteiger partial charge in [0, 0.05) is 12.6 Å². The van der Waals surface area contributed by atoms with Gasteiger partial charge in [0.2, 0.25) is 0 Å². The predicted octanol–water partition coefficient (Wildman–Crippen LogP) is 6.22. The number of aromatic nitrogens is 1. The Kier molecular flexibility index (Phi) is 4.70. The van der Waals surface area contributed by atoms with E-state index >= 15 is 0 Å². The first kappa shape index (κ1) is 20.3. The second-order valence-electron chi connectivity index (χ2n) is 10.4. The van der Waals surface area contributed by atoms with Crippen LogP contribution >= 0.6 is 11.8 Å². The minimum absolute atomic E-state index is 0.0758. The van der Waals surface area contributed by atoms with Crippen molar-refractivity contribution in [2.45, 2.75) is 70.0 Å². The fourth-order valence-electron chi connectivity index (χ4n) is 7.95. The van der Waals surface area contributed by atoms with Crippen LogP contribution in [0.25, 0.3) is 0 Å². The first-order chi connectivity index (χ1) is 14.3. The Labute approximate surface area is 182 Å². The van der Waals surface area contributed by atoms with E-state index in [0.717, 1.165) is 62.4 Å². The first-order valence-electron chi connectivity index (χ1n) is 11.4. The van der Waals surface area contributed by atoms with Crippen molar-refractivity contribution in [2.75, 3.05) is 0 Å². The van der Waals surface area contributed by atoms with Gasteiger partial charge in [0.05, 0.1) is 10.4 Å². The number of hydrogen-bond donors (Lipinski definition) is 1. The van der Waals surface area contributed by atoms with Crippen LogP contribution in [0.5, 0.6) is 0 Å². The molecule has 1 N–H and O–H groups in total. The number of nitrogens with zero attached hydrogens (tertiary/aromatic N) is 1. The third kappa shape index (κ3) is 2.70. The molecule has 1 aromatic rings. The van der Waals surface area contributed by atoms with E-state index in [-0.39, 0.29) is 10.8 Å². The van der Waals surface area contributed by atoms with Gasteiger partial charge >= 0.3 is 5.30 Å². The topological polar surface area (TPSA) is 67.3 Å². The Hall–Kier alpha value is -1.62. The average molecular weight is 426 g/mol. The zero-order valence-corrected chi connectivity index (χ0v) is 18.7. The van der Waals surface area contributed by atoms with E-state index in [1.807, 2.05) is 24.3 Å². The summed E-state index contributed by atoms with van der Waals surface area (Å²) in [5.41, 5.74) is 2.39.